The van der Waals surface area contributed by atoms with E-state index in [1.54, 1.807) is 51.4 Å². The summed E-state index contributed by atoms with van der Waals surface area (Å²) in [5.74, 6) is 55.1. The van der Waals surface area contributed by atoms with Crippen molar-refractivity contribution in [2.45, 2.75) is 209 Å². The van der Waals surface area contributed by atoms with Gasteiger partial charge in [-0.25, -0.2) is 0 Å². The maximum Gasteiger partial charge on any atom is -0.0318 e. The van der Waals surface area contributed by atoms with Gasteiger partial charge in [0.25, 0.3) is 0 Å². The molecule has 81 heavy (non-hydrogen) atoms. The Morgan fingerprint density at radius 1 is 0.160 bits per heavy atom. The molecule has 14 bridgehead atoms. The van der Waals surface area contributed by atoms with Gasteiger partial charge in [0.15, 0.2) is 0 Å². The van der Waals surface area contributed by atoms with Crippen molar-refractivity contribution in [1.29, 1.82) is 0 Å². The summed E-state index contributed by atoms with van der Waals surface area (Å²) in [6.45, 7) is 50.7. The Bertz CT molecular complexity index is 2190. The molecule has 0 N–H and O–H groups in total. The average molecular weight is 1110 g/mol. The summed E-state index contributed by atoms with van der Waals surface area (Å²) in [4.78, 5) is 0. The van der Waals surface area contributed by atoms with Crippen LogP contribution in [0, 0.1) is 296 Å². The lowest BCUT2D eigenvalue weighted by atomic mass is 9.43. The Morgan fingerprint density at radius 3 is 0.679 bits per heavy atom. The second-order valence-corrected chi connectivity index (χ2v) is 38.9. The molecule has 0 aromatic carbocycles. The minimum Gasteiger partial charge on any atom is -0.0651 e. The summed E-state index contributed by atoms with van der Waals surface area (Å²) in [6.07, 6.45) is 17.4. The standard InChI is InChI=1S/C20H30.C19H30.C15H26.C14H24.C13H22/c1-7-8(2)16-12-5-11(15(7)16)19-13-6-14(20(12)19)18-10(4)9(3)17(13)18;1-8-10(3)14-5-12(8)16-7-17-13-6-15(11(4)9(13)2)19(17)18(14)16;1-5-11-10(4)12-7-13(11)15-9(3)6-8(2)14(12)15;1-7-5-8(2)14-12-6-11(13(7)14)9(3)10(12)4;1-6-7(2)11-5-10(6)12-8(3)9(4)13(11)12/h7-20H,5-6H2,1-4H3;8-19H,5-7H2,1-4H3;8-15H,5-7H2,1-4H3;7-14H,5-6H2,1-4H3;6-13H,5H2,1-4H3. The van der Waals surface area contributed by atoms with Crippen LogP contribution in [0.15, 0.2) is 0 Å². The SMILES string of the molecule is CC1C(C)C2C3CC(C12)C1C2CC(C4C(C)C(C)C24)C31.CC1C(C)C2CC1C1C(C)C(C)C21.CC1C(C)C2CC1C1CC3C4CC(C(C)C4C)C3C21.CC1CC(C)C2C3CC(C(C)C3C)C12.CCC1C(C)C2CC1C1C(C)CC(C)C21. The summed E-state index contributed by atoms with van der Waals surface area (Å²) in [6, 6.07) is 0. The number of hydrogen-bond donors (Lipinski definition) is 0. The highest BCUT2D eigenvalue weighted by molar-refractivity contribution is 5.24. The van der Waals surface area contributed by atoms with E-state index < -0.39 is 0 Å². The monoisotopic (exact) mass is 1110 g/mol. The van der Waals surface area contributed by atoms with Gasteiger partial charge in [-0.1, -0.05) is 145 Å². The Kier molecular flexibility index (Phi) is 13.4. The summed E-state index contributed by atoms with van der Waals surface area (Å²) in [5.41, 5.74) is 0. The smallest absolute Gasteiger partial charge is 0.0318 e. The lowest BCUT2D eigenvalue weighted by Crippen LogP contribution is -2.58. The molecular formula is C81H132. The first-order valence-electron chi connectivity index (χ1n) is 38.6. The molecule has 20 fully saturated rings. The fourth-order valence-corrected chi connectivity index (χ4v) is 35.3. The number of rotatable bonds is 1. The quantitative estimate of drug-likeness (QED) is 0.230. The number of hydrogen-bond acceptors (Lipinski definition) is 0. The van der Waals surface area contributed by atoms with Gasteiger partial charge < -0.3 is 0 Å². The Labute approximate surface area is 502 Å². The van der Waals surface area contributed by atoms with E-state index in [-0.39, 0.29) is 0 Å². The molecule has 0 nitrogen and oxygen atoms in total. The predicted octanol–water partition coefficient (Wildman–Crippen LogP) is 20.7. The highest BCUT2D eigenvalue weighted by atomic mass is 14.8. The van der Waals surface area contributed by atoms with E-state index in [1.165, 1.54) is 90.3 Å². The first-order chi connectivity index (χ1) is 38.6. The normalized spacial score (nSPS) is 70.5. The molecule has 48 atom stereocenters. The van der Waals surface area contributed by atoms with Gasteiger partial charge in [-0.3, -0.25) is 0 Å². The molecule has 0 aromatic heterocycles. The Morgan fingerprint density at radius 2 is 0.358 bits per heavy atom. The van der Waals surface area contributed by atoms with E-state index in [1.807, 2.05) is 0 Å². The third-order valence-corrected chi connectivity index (χ3v) is 38.8. The molecule has 48 unspecified atom stereocenters. The molecule has 20 aliphatic rings. The van der Waals surface area contributed by atoms with Crippen molar-refractivity contribution in [3.8, 4) is 0 Å². The third-order valence-electron chi connectivity index (χ3n) is 38.8. The highest BCUT2D eigenvalue weighted by Gasteiger charge is 2.77. The zero-order valence-electron chi connectivity index (χ0n) is 56.6. The zero-order chi connectivity index (χ0) is 56.6. The van der Waals surface area contributed by atoms with Crippen molar-refractivity contribution in [1.82, 2.24) is 0 Å². The molecule has 0 radical (unpaired) electrons. The van der Waals surface area contributed by atoms with E-state index >= 15 is 0 Å². The van der Waals surface area contributed by atoms with E-state index in [2.05, 4.69) is 138 Å². The van der Waals surface area contributed by atoms with E-state index in [9.17, 15) is 0 Å². The summed E-state index contributed by atoms with van der Waals surface area (Å²) < 4.78 is 0. The van der Waals surface area contributed by atoms with E-state index in [0.29, 0.717) is 0 Å². The van der Waals surface area contributed by atoms with Crippen LogP contribution >= 0.6 is 0 Å². The molecule has 0 heterocycles. The Balaban J connectivity index is 0.0000000846. The van der Waals surface area contributed by atoms with E-state index in [4.69, 9.17) is 0 Å². The molecule has 456 valence electrons. The largest absolute Gasteiger partial charge is 0.0651 e. The van der Waals surface area contributed by atoms with Gasteiger partial charge in [0.2, 0.25) is 0 Å². The maximum atomic E-state index is 2.58. The molecule has 0 aliphatic heterocycles. The van der Waals surface area contributed by atoms with Crippen molar-refractivity contribution >= 4 is 0 Å². The van der Waals surface area contributed by atoms with Crippen LogP contribution in [0.4, 0.5) is 0 Å². The van der Waals surface area contributed by atoms with Crippen LogP contribution in [0.1, 0.15) is 209 Å². The van der Waals surface area contributed by atoms with Crippen molar-refractivity contribution in [2.75, 3.05) is 0 Å². The molecular weight excluding hydrogens is 973 g/mol. The summed E-state index contributed by atoms with van der Waals surface area (Å²) in [5, 5.41) is 0. The van der Waals surface area contributed by atoms with Crippen LogP contribution in [-0.4, -0.2) is 0 Å². The van der Waals surface area contributed by atoms with Gasteiger partial charge in [0.1, 0.15) is 0 Å². The van der Waals surface area contributed by atoms with Crippen LogP contribution in [0.2, 0.25) is 0 Å². The first kappa shape index (κ1) is 56.2. The van der Waals surface area contributed by atoms with Crippen molar-refractivity contribution < 1.29 is 0 Å². The van der Waals surface area contributed by atoms with Gasteiger partial charge in [0.05, 0.1) is 0 Å². The van der Waals surface area contributed by atoms with Crippen molar-refractivity contribution in [3.63, 3.8) is 0 Å². The molecule has 0 amide bonds. The Hall–Kier alpha value is 0. The maximum absolute atomic E-state index is 2.58. The number of fused-ring (bicyclic) bond motifs is 41. The third kappa shape index (κ3) is 7.09. The van der Waals surface area contributed by atoms with Gasteiger partial charge in [-0.2, -0.15) is 0 Å². The van der Waals surface area contributed by atoms with E-state index in [0.717, 1.165) is 225 Å². The predicted molar refractivity (Wildman–Crippen MR) is 339 cm³/mol. The van der Waals surface area contributed by atoms with Crippen molar-refractivity contribution in [3.05, 3.63) is 0 Å². The van der Waals surface area contributed by atoms with Gasteiger partial charge >= 0.3 is 0 Å². The average Bonchev–Trinajstić information content (AvgIpc) is 2.32. The van der Waals surface area contributed by atoms with Crippen LogP contribution in [0.3, 0.4) is 0 Å². The van der Waals surface area contributed by atoms with Crippen LogP contribution < -0.4 is 0 Å². The molecule has 20 rings (SSSR count). The molecule has 20 saturated carbocycles. The van der Waals surface area contributed by atoms with Gasteiger partial charge in [0, 0.05) is 0 Å². The molecule has 0 heteroatoms. The molecule has 20 aliphatic carbocycles. The lowest BCUT2D eigenvalue weighted by Gasteiger charge is -2.62. The second-order valence-electron chi connectivity index (χ2n) is 38.9. The molecule has 0 spiro atoms. The topological polar surface area (TPSA) is 0 Å². The van der Waals surface area contributed by atoms with Crippen LogP contribution in [-0.2, 0) is 0 Å². The van der Waals surface area contributed by atoms with Crippen LogP contribution in [0.25, 0.3) is 0 Å². The summed E-state index contributed by atoms with van der Waals surface area (Å²) >= 11 is 0. The van der Waals surface area contributed by atoms with Crippen LogP contribution in [0.5, 0.6) is 0 Å². The lowest BCUT2D eigenvalue weighted by molar-refractivity contribution is -0.150. The molecule has 0 saturated heterocycles. The van der Waals surface area contributed by atoms with Gasteiger partial charge in [-0.05, 0) is 360 Å². The zero-order valence-corrected chi connectivity index (χ0v) is 56.6. The first-order valence-corrected chi connectivity index (χ1v) is 38.6. The van der Waals surface area contributed by atoms with Gasteiger partial charge in [-0.15, -0.1) is 0 Å². The minimum atomic E-state index is 1.02. The summed E-state index contributed by atoms with van der Waals surface area (Å²) in [7, 11) is 0. The fraction of sp³-hybridized carbons (Fsp3) is 1.00. The van der Waals surface area contributed by atoms with Crippen molar-refractivity contribution in [2.24, 2.45) is 296 Å². The minimum absolute atomic E-state index is 1.02. The fourth-order valence-electron chi connectivity index (χ4n) is 35.3. The molecule has 0 aromatic rings. The highest BCUT2D eigenvalue weighted by Crippen LogP contribution is 2.82. The second kappa shape index (κ2) is 19.3.